The molecule has 0 fully saturated rings. The summed E-state index contributed by atoms with van der Waals surface area (Å²) in [5, 5.41) is 11.0. The molecule has 0 saturated carbocycles. The Morgan fingerprint density at radius 3 is 2.12 bits per heavy atom. The van der Waals surface area contributed by atoms with Gasteiger partial charge in [-0.15, -0.1) is 0 Å². The van der Waals surface area contributed by atoms with Gasteiger partial charge in [-0.05, 0) is 29.8 Å². The van der Waals surface area contributed by atoms with Crippen molar-refractivity contribution in [2.75, 3.05) is 21.3 Å². The number of hydrogen-bond donors (Lipinski definition) is 1. The predicted octanol–water partition coefficient (Wildman–Crippen LogP) is 5.80. The molecule has 4 rings (SSSR count). The Morgan fingerprint density at radius 1 is 0.818 bits per heavy atom. The number of carboxylic acids is 1. The molecule has 1 aromatic heterocycles. The van der Waals surface area contributed by atoms with Crippen LogP contribution in [-0.2, 0) is 0 Å². The highest BCUT2D eigenvalue weighted by Crippen LogP contribution is 2.37. The van der Waals surface area contributed by atoms with Crippen LogP contribution in [0, 0.1) is 0 Å². The third kappa shape index (κ3) is 4.23. The van der Waals surface area contributed by atoms with Gasteiger partial charge in [-0.2, -0.15) is 0 Å². The van der Waals surface area contributed by atoms with E-state index in [-0.39, 0.29) is 5.56 Å². The van der Waals surface area contributed by atoms with Gasteiger partial charge in [0.25, 0.3) is 0 Å². The zero-order valence-electron chi connectivity index (χ0n) is 18.5. The van der Waals surface area contributed by atoms with Crippen LogP contribution in [0.4, 0.5) is 0 Å². The smallest absolute Gasteiger partial charge is 0.338 e. The Morgan fingerprint density at radius 2 is 1.45 bits per heavy atom. The topological polar surface area (TPSA) is 77.9 Å². The number of aromatic nitrogens is 1. The highest BCUT2D eigenvalue weighted by Gasteiger charge is 2.21. The second kappa shape index (κ2) is 9.44. The van der Waals surface area contributed by atoms with E-state index < -0.39 is 5.97 Å². The van der Waals surface area contributed by atoms with Crippen LogP contribution in [0.5, 0.6) is 17.2 Å². The van der Waals surface area contributed by atoms with Crippen molar-refractivity contribution >= 4 is 29.0 Å². The van der Waals surface area contributed by atoms with Gasteiger partial charge >= 0.3 is 5.97 Å². The van der Waals surface area contributed by atoms with Gasteiger partial charge in [-0.1, -0.05) is 48.5 Å². The summed E-state index contributed by atoms with van der Waals surface area (Å²) in [6.07, 6.45) is 3.45. The van der Waals surface area contributed by atoms with Crippen LogP contribution < -0.4 is 14.2 Å². The normalized spacial score (nSPS) is 11.0. The molecule has 0 radical (unpaired) electrons. The third-order valence-electron chi connectivity index (χ3n) is 5.35. The molecule has 0 amide bonds. The maximum absolute atomic E-state index is 12.4. The molecule has 3 aromatic carbocycles. The van der Waals surface area contributed by atoms with Crippen LogP contribution in [-0.4, -0.2) is 37.4 Å². The van der Waals surface area contributed by atoms with Crippen LogP contribution in [0.3, 0.4) is 0 Å². The van der Waals surface area contributed by atoms with Crippen molar-refractivity contribution in [2.24, 2.45) is 0 Å². The molecule has 33 heavy (non-hydrogen) atoms. The lowest BCUT2D eigenvalue weighted by Gasteiger charge is -2.14. The molecule has 0 saturated heterocycles. The van der Waals surface area contributed by atoms with Crippen LogP contribution in [0.2, 0.25) is 0 Å². The second-order valence-corrected chi connectivity index (χ2v) is 7.22. The minimum Gasteiger partial charge on any atom is -0.496 e. The van der Waals surface area contributed by atoms with Crippen LogP contribution in [0.15, 0.2) is 66.7 Å². The lowest BCUT2D eigenvalue weighted by molar-refractivity contribution is 0.0697. The highest BCUT2D eigenvalue weighted by atomic mass is 16.5. The molecule has 6 heteroatoms. The van der Waals surface area contributed by atoms with Gasteiger partial charge in [0.15, 0.2) is 11.5 Å². The Bertz CT molecular complexity index is 1350. The van der Waals surface area contributed by atoms with Crippen molar-refractivity contribution in [1.29, 1.82) is 0 Å². The van der Waals surface area contributed by atoms with E-state index in [9.17, 15) is 9.90 Å². The Hall–Kier alpha value is -4.32. The lowest BCUT2D eigenvalue weighted by atomic mass is 9.93. The van der Waals surface area contributed by atoms with Crippen molar-refractivity contribution in [3.63, 3.8) is 0 Å². The summed E-state index contributed by atoms with van der Waals surface area (Å²) >= 11 is 0. The van der Waals surface area contributed by atoms with Crippen molar-refractivity contribution in [3.05, 3.63) is 83.6 Å². The van der Waals surface area contributed by atoms with E-state index in [4.69, 9.17) is 14.2 Å². The molecule has 0 bridgehead atoms. The molecule has 166 valence electrons. The fraction of sp³-hybridized carbons (Fsp3) is 0.111. The first-order valence-corrected chi connectivity index (χ1v) is 10.3. The number of aromatic carboxylic acids is 1. The number of hydrogen-bond acceptors (Lipinski definition) is 5. The van der Waals surface area contributed by atoms with Crippen LogP contribution in [0.1, 0.15) is 21.6 Å². The van der Waals surface area contributed by atoms with Gasteiger partial charge in [-0.3, -0.25) is 0 Å². The first-order valence-electron chi connectivity index (χ1n) is 10.3. The SMILES string of the molecule is COc1cc(OC)c(OC)cc1C=Cc1nc2ccccc2c(-c2ccccc2)c1C(=O)O. The molecule has 0 aliphatic heterocycles. The van der Waals surface area contributed by atoms with E-state index in [1.54, 1.807) is 45.6 Å². The molecule has 6 nitrogen and oxygen atoms in total. The van der Waals surface area contributed by atoms with Crippen molar-refractivity contribution in [1.82, 2.24) is 4.98 Å². The fourth-order valence-corrected chi connectivity index (χ4v) is 3.82. The van der Waals surface area contributed by atoms with E-state index in [0.717, 1.165) is 10.9 Å². The van der Waals surface area contributed by atoms with Gasteiger partial charge in [0.1, 0.15) is 5.75 Å². The molecular weight excluding hydrogens is 418 g/mol. The number of benzene rings is 3. The summed E-state index contributed by atoms with van der Waals surface area (Å²) in [6, 6.07) is 20.5. The van der Waals surface area contributed by atoms with Crippen molar-refractivity contribution in [2.45, 2.75) is 0 Å². The van der Waals surface area contributed by atoms with E-state index in [2.05, 4.69) is 4.98 Å². The number of pyridine rings is 1. The molecular formula is C27H23NO5. The lowest BCUT2D eigenvalue weighted by Crippen LogP contribution is -2.06. The summed E-state index contributed by atoms with van der Waals surface area (Å²) in [4.78, 5) is 17.1. The Labute approximate surface area is 191 Å². The molecule has 0 unspecified atom stereocenters. The predicted molar refractivity (Wildman–Crippen MR) is 129 cm³/mol. The van der Waals surface area contributed by atoms with Crippen molar-refractivity contribution < 1.29 is 24.1 Å². The van der Waals surface area contributed by atoms with Gasteiger partial charge in [0.05, 0.1) is 38.1 Å². The molecule has 1 N–H and O–H groups in total. The summed E-state index contributed by atoms with van der Waals surface area (Å²) in [5.74, 6) is 0.580. The fourth-order valence-electron chi connectivity index (χ4n) is 3.82. The van der Waals surface area contributed by atoms with E-state index in [1.165, 1.54) is 0 Å². The average Bonchev–Trinajstić information content (AvgIpc) is 2.86. The Balaban J connectivity index is 1.95. The van der Waals surface area contributed by atoms with Crippen LogP contribution in [0.25, 0.3) is 34.2 Å². The number of carbonyl (C=O) groups is 1. The largest absolute Gasteiger partial charge is 0.496 e. The maximum atomic E-state index is 12.4. The monoisotopic (exact) mass is 441 g/mol. The minimum absolute atomic E-state index is 0.135. The third-order valence-corrected chi connectivity index (χ3v) is 5.35. The Kier molecular flexibility index (Phi) is 6.26. The van der Waals surface area contributed by atoms with E-state index in [1.807, 2.05) is 54.6 Å². The minimum atomic E-state index is -1.05. The second-order valence-electron chi connectivity index (χ2n) is 7.22. The number of carboxylic acid groups (broad SMARTS) is 1. The van der Waals surface area contributed by atoms with E-state index >= 15 is 0 Å². The summed E-state index contributed by atoms with van der Waals surface area (Å²) in [7, 11) is 4.66. The summed E-state index contributed by atoms with van der Waals surface area (Å²) in [6.45, 7) is 0. The molecule has 1 heterocycles. The number of methoxy groups -OCH3 is 3. The number of ether oxygens (including phenoxy) is 3. The highest BCUT2D eigenvalue weighted by molar-refractivity contribution is 6.09. The molecule has 0 aliphatic carbocycles. The zero-order valence-corrected chi connectivity index (χ0v) is 18.5. The van der Waals surface area contributed by atoms with E-state index in [0.29, 0.717) is 39.6 Å². The average molecular weight is 441 g/mol. The zero-order chi connectivity index (χ0) is 23.4. The van der Waals surface area contributed by atoms with Gasteiger partial charge in [-0.25, -0.2) is 9.78 Å². The maximum Gasteiger partial charge on any atom is 0.338 e. The van der Waals surface area contributed by atoms with Crippen molar-refractivity contribution in [3.8, 4) is 28.4 Å². The molecule has 0 aliphatic rings. The molecule has 4 aromatic rings. The molecule has 0 spiro atoms. The van der Waals surface area contributed by atoms with Gasteiger partial charge < -0.3 is 19.3 Å². The number of para-hydroxylation sites is 1. The number of fused-ring (bicyclic) bond motifs is 1. The number of rotatable bonds is 7. The van der Waals surface area contributed by atoms with Gasteiger partial charge in [0.2, 0.25) is 0 Å². The molecule has 0 atom stereocenters. The number of nitrogens with zero attached hydrogens (tertiary/aromatic N) is 1. The van der Waals surface area contributed by atoms with Gasteiger partial charge in [0, 0.05) is 22.6 Å². The quantitative estimate of drug-likeness (QED) is 0.391. The van der Waals surface area contributed by atoms with Crippen LogP contribution >= 0.6 is 0 Å². The first-order chi connectivity index (χ1) is 16.1. The standard InChI is InChI=1S/C27H23NO5/c1-31-22-16-24(33-3)23(32-2)15-18(22)13-14-21-26(27(29)30)25(17-9-5-4-6-10-17)19-11-7-8-12-20(19)28-21/h4-16H,1-3H3,(H,29,30). The summed E-state index contributed by atoms with van der Waals surface area (Å²) < 4.78 is 16.2. The summed E-state index contributed by atoms with van der Waals surface area (Å²) in [5.41, 5.74) is 3.33. The first kappa shape index (κ1) is 21.9.